The number of nitrogens with one attached hydrogen (secondary N) is 2. The summed E-state index contributed by atoms with van der Waals surface area (Å²) in [5.41, 5.74) is 7.34. The molecule has 3 heterocycles. The van der Waals surface area contributed by atoms with Gasteiger partial charge in [0.05, 0.1) is 36.8 Å². The Labute approximate surface area is 246 Å². The number of anilines is 3. The number of aryl methyl sites for hydroxylation is 1. The molecule has 0 radical (unpaired) electrons. The van der Waals surface area contributed by atoms with Crippen molar-refractivity contribution < 1.29 is 13.2 Å². The van der Waals surface area contributed by atoms with Crippen molar-refractivity contribution in [3.63, 3.8) is 0 Å². The highest BCUT2D eigenvalue weighted by atomic mass is 32.2. The molecule has 0 spiro atoms. The first-order valence-corrected chi connectivity index (χ1v) is 15.4. The summed E-state index contributed by atoms with van der Waals surface area (Å²) in [6.45, 7) is 4.21. The zero-order valence-electron chi connectivity index (χ0n) is 23.9. The van der Waals surface area contributed by atoms with Crippen LogP contribution in [0.1, 0.15) is 34.7 Å². The zero-order chi connectivity index (χ0) is 29.5. The summed E-state index contributed by atoms with van der Waals surface area (Å²) < 4.78 is 34.5. The van der Waals surface area contributed by atoms with Gasteiger partial charge in [-0.25, -0.2) is 8.42 Å². The number of thiocarbonyl (C=S) groups is 1. The Kier molecular flexibility index (Phi) is 7.67. The van der Waals surface area contributed by atoms with E-state index < -0.39 is 10.0 Å². The van der Waals surface area contributed by atoms with Gasteiger partial charge in [0.1, 0.15) is 5.75 Å². The van der Waals surface area contributed by atoms with Gasteiger partial charge in [0, 0.05) is 48.7 Å². The van der Waals surface area contributed by atoms with Gasteiger partial charge in [-0.05, 0) is 92.3 Å². The summed E-state index contributed by atoms with van der Waals surface area (Å²) in [5, 5.41) is 4.00. The fraction of sp³-hybridized carbons (Fsp3) is 0.267. The second kappa shape index (κ2) is 11.1. The molecule has 5 rings (SSSR count). The Morgan fingerprint density at radius 3 is 2.34 bits per heavy atom. The lowest BCUT2D eigenvalue weighted by Gasteiger charge is -2.29. The van der Waals surface area contributed by atoms with Crippen LogP contribution in [0.25, 0.3) is 5.69 Å². The maximum absolute atomic E-state index is 12.1. The maximum Gasteiger partial charge on any atom is 0.229 e. The SMILES string of the molecule is COc1ccc(N2C(=S)NC(c3ccccn3)C2c2cc(C)n(-c3ccc(N(C)C)cc3)c2C)cc1NS(C)(=O)=O. The lowest BCUT2D eigenvalue weighted by atomic mass is 9.96. The highest BCUT2D eigenvalue weighted by Gasteiger charge is 2.42. The number of pyridine rings is 1. The third kappa shape index (κ3) is 5.59. The van der Waals surface area contributed by atoms with E-state index in [9.17, 15) is 8.42 Å². The van der Waals surface area contributed by atoms with Crippen LogP contribution in [0.5, 0.6) is 5.75 Å². The molecule has 0 amide bonds. The van der Waals surface area contributed by atoms with Crippen molar-refractivity contribution in [3.05, 3.63) is 95.6 Å². The highest BCUT2D eigenvalue weighted by Crippen LogP contribution is 2.45. The van der Waals surface area contributed by atoms with Gasteiger partial charge in [-0.15, -0.1) is 0 Å². The smallest absolute Gasteiger partial charge is 0.229 e. The summed E-state index contributed by atoms with van der Waals surface area (Å²) in [6, 6.07) is 21.4. The van der Waals surface area contributed by atoms with Gasteiger partial charge < -0.3 is 24.4 Å². The first-order chi connectivity index (χ1) is 19.5. The van der Waals surface area contributed by atoms with Crippen LogP contribution in [0.2, 0.25) is 0 Å². The van der Waals surface area contributed by atoms with Crippen molar-refractivity contribution in [2.45, 2.75) is 25.9 Å². The topological polar surface area (TPSA) is 91.7 Å². The number of rotatable bonds is 8. The van der Waals surface area contributed by atoms with Crippen molar-refractivity contribution in [2.75, 3.05) is 42.0 Å². The number of sulfonamides is 1. The second-order valence-corrected chi connectivity index (χ2v) is 12.5. The quantitative estimate of drug-likeness (QED) is 0.274. The average Bonchev–Trinajstić information content (AvgIpc) is 3.43. The van der Waals surface area contributed by atoms with E-state index >= 15 is 0 Å². The summed E-state index contributed by atoms with van der Waals surface area (Å²) in [6.07, 6.45) is 2.89. The molecule has 2 unspecified atom stereocenters. The number of ether oxygens (including phenoxy) is 1. The van der Waals surface area contributed by atoms with E-state index in [1.807, 2.05) is 43.3 Å². The summed E-state index contributed by atoms with van der Waals surface area (Å²) in [4.78, 5) is 8.77. The monoisotopic (exact) mass is 590 g/mol. The zero-order valence-corrected chi connectivity index (χ0v) is 25.5. The minimum atomic E-state index is -3.54. The fourth-order valence-electron chi connectivity index (χ4n) is 5.46. The van der Waals surface area contributed by atoms with Crippen LogP contribution in [0.3, 0.4) is 0 Å². The number of aromatic nitrogens is 2. The molecule has 1 fully saturated rings. The van der Waals surface area contributed by atoms with Crippen molar-refractivity contribution in [3.8, 4) is 11.4 Å². The first-order valence-electron chi connectivity index (χ1n) is 13.1. The summed E-state index contributed by atoms with van der Waals surface area (Å²) in [7, 11) is 2.01. The number of hydrogen-bond donors (Lipinski definition) is 2. The van der Waals surface area contributed by atoms with Crippen molar-refractivity contribution in [1.29, 1.82) is 0 Å². The van der Waals surface area contributed by atoms with Gasteiger partial charge in [0.15, 0.2) is 5.11 Å². The van der Waals surface area contributed by atoms with Crippen LogP contribution in [0.4, 0.5) is 17.1 Å². The molecule has 9 nitrogen and oxygen atoms in total. The average molecular weight is 591 g/mol. The largest absolute Gasteiger partial charge is 0.495 e. The van der Waals surface area contributed by atoms with E-state index in [2.05, 4.69) is 68.7 Å². The van der Waals surface area contributed by atoms with E-state index in [1.54, 1.807) is 18.3 Å². The van der Waals surface area contributed by atoms with Crippen LogP contribution >= 0.6 is 12.2 Å². The number of hydrogen-bond acceptors (Lipinski definition) is 6. The predicted molar refractivity (Wildman–Crippen MR) is 169 cm³/mol. The molecule has 1 saturated heterocycles. The molecule has 1 aliphatic heterocycles. The molecule has 2 aromatic heterocycles. The Morgan fingerprint density at radius 1 is 1.02 bits per heavy atom. The summed E-state index contributed by atoms with van der Waals surface area (Å²) in [5.74, 6) is 0.412. The van der Waals surface area contributed by atoms with Crippen molar-refractivity contribution in [1.82, 2.24) is 14.9 Å². The Hall–Kier alpha value is -4.09. The summed E-state index contributed by atoms with van der Waals surface area (Å²) >= 11 is 5.91. The van der Waals surface area contributed by atoms with Crippen LogP contribution in [0, 0.1) is 13.8 Å². The van der Waals surface area contributed by atoms with Crippen LogP contribution in [-0.4, -0.2) is 50.5 Å². The van der Waals surface area contributed by atoms with E-state index in [0.29, 0.717) is 16.5 Å². The third-order valence-corrected chi connectivity index (χ3v) is 8.17. The van der Waals surface area contributed by atoms with E-state index in [0.717, 1.165) is 46.0 Å². The minimum Gasteiger partial charge on any atom is -0.495 e. The molecule has 41 heavy (non-hydrogen) atoms. The van der Waals surface area contributed by atoms with E-state index in [-0.39, 0.29) is 12.1 Å². The van der Waals surface area contributed by atoms with Gasteiger partial charge in [-0.3, -0.25) is 9.71 Å². The van der Waals surface area contributed by atoms with Crippen LogP contribution < -0.4 is 24.6 Å². The molecule has 2 atom stereocenters. The second-order valence-electron chi connectivity index (χ2n) is 10.3. The first kappa shape index (κ1) is 28.4. The molecular weight excluding hydrogens is 557 g/mol. The fourth-order valence-corrected chi connectivity index (χ4v) is 6.36. The Balaban J connectivity index is 1.66. The van der Waals surface area contributed by atoms with Gasteiger partial charge in [0.2, 0.25) is 10.0 Å². The highest BCUT2D eigenvalue weighted by molar-refractivity contribution is 7.92. The molecule has 1 aliphatic rings. The lowest BCUT2D eigenvalue weighted by molar-refractivity contribution is 0.417. The standard InChI is InChI=1S/C30H34N6O3S2/c1-19-17-24(20(2)35(19)22-12-10-21(11-13-22)34(3)4)29-28(25-9-7-8-16-31-25)32-30(40)36(29)23-14-15-27(39-5)26(18-23)33-41(6,37)38/h7-18,28-29,33H,1-6H3,(H,32,40). The molecule has 0 saturated carbocycles. The predicted octanol–water partition coefficient (Wildman–Crippen LogP) is 5.11. The molecule has 2 aromatic carbocycles. The van der Waals surface area contributed by atoms with Crippen LogP contribution in [-0.2, 0) is 10.0 Å². The normalized spacial score (nSPS) is 16.9. The van der Waals surface area contributed by atoms with E-state index in [4.69, 9.17) is 17.0 Å². The molecule has 2 N–H and O–H groups in total. The van der Waals surface area contributed by atoms with E-state index in [1.165, 1.54) is 7.11 Å². The molecule has 11 heteroatoms. The number of benzene rings is 2. The third-order valence-electron chi connectivity index (χ3n) is 7.27. The van der Waals surface area contributed by atoms with Crippen LogP contribution in [0.15, 0.2) is 72.9 Å². The molecule has 0 aliphatic carbocycles. The minimum absolute atomic E-state index is 0.248. The van der Waals surface area contributed by atoms with Crippen molar-refractivity contribution >= 4 is 44.4 Å². The maximum atomic E-state index is 12.1. The molecule has 214 valence electrons. The molecule has 0 bridgehead atoms. The lowest BCUT2D eigenvalue weighted by Crippen LogP contribution is -2.29. The number of methoxy groups -OCH3 is 1. The number of nitrogens with zero attached hydrogens (tertiary/aromatic N) is 4. The van der Waals surface area contributed by atoms with Gasteiger partial charge >= 0.3 is 0 Å². The molecule has 4 aromatic rings. The Bertz CT molecular complexity index is 1690. The molecular formula is C30H34N6O3S2. The Morgan fingerprint density at radius 2 is 1.73 bits per heavy atom. The van der Waals surface area contributed by atoms with Gasteiger partial charge in [-0.1, -0.05) is 6.07 Å². The van der Waals surface area contributed by atoms with Gasteiger partial charge in [-0.2, -0.15) is 0 Å². The van der Waals surface area contributed by atoms with Gasteiger partial charge in [0.25, 0.3) is 0 Å². The van der Waals surface area contributed by atoms with Crippen molar-refractivity contribution in [2.24, 2.45) is 0 Å².